The maximum atomic E-state index is 13.3. The Hall–Kier alpha value is -3.87. The largest absolute Gasteiger partial charge is 0.454 e. The van der Waals surface area contributed by atoms with Crippen LogP contribution >= 0.6 is 0 Å². The summed E-state index contributed by atoms with van der Waals surface area (Å²) in [7, 11) is 0. The van der Waals surface area contributed by atoms with Crippen molar-refractivity contribution in [2.75, 3.05) is 6.79 Å². The normalized spacial score (nSPS) is 12.8. The predicted molar refractivity (Wildman–Crippen MR) is 116 cm³/mol. The second-order valence-corrected chi connectivity index (χ2v) is 7.49. The number of carbonyl (C=O) groups is 2. The molecule has 32 heavy (non-hydrogen) atoms. The first-order chi connectivity index (χ1) is 15.5. The Balaban J connectivity index is 1.56. The van der Waals surface area contributed by atoms with E-state index >= 15 is 0 Å². The van der Waals surface area contributed by atoms with E-state index in [0.717, 1.165) is 11.1 Å². The lowest BCUT2D eigenvalue weighted by molar-refractivity contribution is -0.140. The Morgan fingerprint density at radius 2 is 1.66 bits per heavy atom. The van der Waals surface area contributed by atoms with Gasteiger partial charge < -0.3 is 19.7 Å². The van der Waals surface area contributed by atoms with Crippen molar-refractivity contribution >= 4 is 11.8 Å². The number of carbonyl (C=O) groups excluding carboxylic acids is 2. The quantitative estimate of drug-likeness (QED) is 0.611. The summed E-state index contributed by atoms with van der Waals surface area (Å²) in [5.41, 5.74) is 2.27. The molecule has 0 aliphatic carbocycles. The van der Waals surface area contributed by atoms with E-state index < -0.39 is 6.04 Å². The van der Waals surface area contributed by atoms with Crippen LogP contribution in [0.2, 0.25) is 0 Å². The molecule has 0 saturated heterocycles. The van der Waals surface area contributed by atoms with Crippen molar-refractivity contribution in [2.45, 2.75) is 26.1 Å². The lowest BCUT2D eigenvalue weighted by Crippen LogP contribution is -2.42. The molecule has 164 valence electrons. The highest BCUT2D eigenvalue weighted by Gasteiger charge is 2.29. The lowest BCUT2D eigenvalue weighted by Gasteiger charge is -2.30. The molecule has 3 aromatic carbocycles. The Labute approximate surface area is 185 Å². The second-order valence-electron chi connectivity index (χ2n) is 7.49. The molecule has 0 radical (unpaired) electrons. The number of nitrogens with zero attached hydrogens (tertiary/aromatic N) is 1. The van der Waals surface area contributed by atoms with Crippen LogP contribution in [-0.4, -0.2) is 23.5 Å². The molecular formula is C25H23FN2O4. The van der Waals surface area contributed by atoms with E-state index in [9.17, 15) is 14.0 Å². The number of ether oxygens (including phenoxy) is 2. The molecule has 0 bridgehead atoms. The number of hydrogen-bond donors (Lipinski definition) is 1. The number of rotatable bonds is 7. The highest BCUT2D eigenvalue weighted by Crippen LogP contribution is 2.32. The summed E-state index contributed by atoms with van der Waals surface area (Å²) in [6, 6.07) is 19.6. The van der Waals surface area contributed by atoms with E-state index in [-0.39, 0.29) is 37.5 Å². The highest BCUT2D eigenvalue weighted by atomic mass is 19.1. The van der Waals surface area contributed by atoms with Crippen LogP contribution in [-0.2, 0) is 22.7 Å². The molecule has 6 nitrogen and oxygen atoms in total. The van der Waals surface area contributed by atoms with E-state index in [1.165, 1.54) is 24.0 Å². The Morgan fingerprint density at radius 1 is 0.969 bits per heavy atom. The summed E-state index contributed by atoms with van der Waals surface area (Å²) in [5, 5.41) is 2.93. The van der Waals surface area contributed by atoms with Crippen LogP contribution in [0.25, 0.3) is 0 Å². The van der Waals surface area contributed by atoms with E-state index in [1.54, 1.807) is 18.2 Å². The van der Waals surface area contributed by atoms with E-state index in [1.807, 2.05) is 42.5 Å². The first-order valence-electron chi connectivity index (χ1n) is 10.2. The minimum absolute atomic E-state index is 0.173. The molecule has 0 unspecified atom stereocenters. The van der Waals surface area contributed by atoms with Crippen LogP contribution in [0, 0.1) is 5.82 Å². The molecule has 3 aromatic rings. The molecule has 1 aliphatic rings. The van der Waals surface area contributed by atoms with E-state index in [2.05, 4.69) is 5.32 Å². The molecule has 4 rings (SSSR count). The fourth-order valence-corrected chi connectivity index (χ4v) is 3.62. The standard InChI is InChI=1S/C25H23FN2O4/c1-17(29)28(15-18-7-10-21(26)11-8-18)24(20-5-3-2-4-6-20)25(30)27-14-19-9-12-22-23(13-19)32-16-31-22/h2-13,24H,14-16H2,1H3,(H,27,30)/t24-/m0/s1. The molecule has 0 fully saturated rings. The number of nitrogens with one attached hydrogen (secondary N) is 1. The van der Waals surface area contributed by atoms with Crippen molar-refractivity contribution < 1.29 is 23.5 Å². The van der Waals surface area contributed by atoms with Crippen LogP contribution in [0.15, 0.2) is 72.8 Å². The third kappa shape index (κ3) is 4.88. The molecule has 0 saturated carbocycles. The molecular weight excluding hydrogens is 411 g/mol. The molecule has 1 N–H and O–H groups in total. The van der Waals surface area contributed by atoms with Gasteiger partial charge in [0.25, 0.3) is 0 Å². The number of benzene rings is 3. The van der Waals surface area contributed by atoms with Gasteiger partial charge in [-0.1, -0.05) is 48.5 Å². The molecule has 1 aliphatic heterocycles. The molecule has 1 heterocycles. The first-order valence-corrected chi connectivity index (χ1v) is 10.2. The second kappa shape index (κ2) is 9.51. The fourth-order valence-electron chi connectivity index (χ4n) is 3.62. The van der Waals surface area contributed by atoms with Gasteiger partial charge in [0.1, 0.15) is 11.9 Å². The average molecular weight is 434 g/mol. The molecule has 2 amide bonds. The summed E-state index contributed by atoms with van der Waals surface area (Å²) >= 11 is 0. The van der Waals surface area contributed by atoms with Crippen molar-refractivity contribution in [1.29, 1.82) is 0 Å². The van der Waals surface area contributed by atoms with Crippen molar-refractivity contribution in [2.24, 2.45) is 0 Å². The number of fused-ring (bicyclic) bond motifs is 1. The zero-order chi connectivity index (χ0) is 22.5. The van der Waals surface area contributed by atoms with Crippen molar-refractivity contribution in [3.63, 3.8) is 0 Å². The summed E-state index contributed by atoms with van der Waals surface area (Å²) in [5.74, 6) is 0.374. The SMILES string of the molecule is CC(=O)N(Cc1ccc(F)cc1)[C@H](C(=O)NCc1ccc2c(c1)OCO2)c1ccccc1. The highest BCUT2D eigenvalue weighted by molar-refractivity contribution is 5.88. The van der Waals surface area contributed by atoms with Gasteiger partial charge in [0, 0.05) is 20.0 Å². The Bertz CT molecular complexity index is 1100. The van der Waals surface area contributed by atoms with Crippen LogP contribution in [0.5, 0.6) is 11.5 Å². The van der Waals surface area contributed by atoms with Gasteiger partial charge in [0.15, 0.2) is 11.5 Å². The van der Waals surface area contributed by atoms with Crippen LogP contribution in [0.3, 0.4) is 0 Å². The Morgan fingerprint density at radius 3 is 2.38 bits per heavy atom. The van der Waals surface area contributed by atoms with Gasteiger partial charge in [-0.15, -0.1) is 0 Å². The van der Waals surface area contributed by atoms with Crippen molar-refractivity contribution in [3.05, 3.63) is 95.3 Å². The van der Waals surface area contributed by atoms with Crippen LogP contribution in [0.4, 0.5) is 4.39 Å². The monoisotopic (exact) mass is 434 g/mol. The van der Waals surface area contributed by atoms with Gasteiger partial charge in [-0.25, -0.2) is 4.39 Å². The number of amides is 2. The fraction of sp³-hybridized carbons (Fsp3) is 0.200. The minimum Gasteiger partial charge on any atom is -0.454 e. The third-order valence-electron chi connectivity index (χ3n) is 5.25. The predicted octanol–water partition coefficient (Wildman–Crippen LogP) is 3.96. The smallest absolute Gasteiger partial charge is 0.247 e. The summed E-state index contributed by atoms with van der Waals surface area (Å²) in [6.07, 6.45) is 0. The van der Waals surface area contributed by atoms with Gasteiger partial charge in [-0.05, 0) is 41.0 Å². The summed E-state index contributed by atoms with van der Waals surface area (Å²) < 4.78 is 24.0. The van der Waals surface area contributed by atoms with Crippen LogP contribution in [0.1, 0.15) is 29.7 Å². The minimum atomic E-state index is -0.840. The number of halogens is 1. The maximum absolute atomic E-state index is 13.3. The van der Waals surface area contributed by atoms with Gasteiger partial charge >= 0.3 is 0 Å². The molecule has 0 spiro atoms. The van der Waals surface area contributed by atoms with Crippen LogP contribution < -0.4 is 14.8 Å². The van der Waals surface area contributed by atoms with E-state index in [0.29, 0.717) is 17.1 Å². The zero-order valence-corrected chi connectivity index (χ0v) is 17.6. The van der Waals surface area contributed by atoms with Gasteiger partial charge in [0.2, 0.25) is 18.6 Å². The first kappa shape index (κ1) is 21.4. The van der Waals surface area contributed by atoms with Crippen molar-refractivity contribution in [3.8, 4) is 11.5 Å². The van der Waals surface area contributed by atoms with Crippen molar-refractivity contribution in [1.82, 2.24) is 10.2 Å². The van der Waals surface area contributed by atoms with Gasteiger partial charge in [0.05, 0.1) is 0 Å². The Kier molecular flexibility index (Phi) is 6.35. The zero-order valence-electron chi connectivity index (χ0n) is 17.6. The summed E-state index contributed by atoms with van der Waals surface area (Å²) in [4.78, 5) is 27.4. The molecule has 7 heteroatoms. The van der Waals surface area contributed by atoms with Gasteiger partial charge in [-0.2, -0.15) is 0 Å². The molecule has 1 atom stereocenters. The summed E-state index contributed by atoms with van der Waals surface area (Å²) in [6.45, 7) is 2.04. The number of hydrogen-bond acceptors (Lipinski definition) is 4. The average Bonchev–Trinajstić information content (AvgIpc) is 3.27. The third-order valence-corrected chi connectivity index (χ3v) is 5.25. The topological polar surface area (TPSA) is 67.9 Å². The van der Waals surface area contributed by atoms with E-state index in [4.69, 9.17) is 9.47 Å². The lowest BCUT2D eigenvalue weighted by atomic mass is 10.0. The maximum Gasteiger partial charge on any atom is 0.247 e. The molecule has 0 aromatic heterocycles. The van der Waals surface area contributed by atoms with Gasteiger partial charge in [-0.3, -0.25) is 9.59 Å².